The summed E-state index contributed by atoms with van der Waals surface area (Å²) in [7, 11) is 0. The molecule has 0 aliphatic carbocycles. The first-order valence-corrected chi connectivity index (χ1v) is 9.43. The number of benzene rings is 2. The van der Waals surface area contributed by atoms with Gasteiger partial charge in [-0.1, -0.05) is 41.1 Å². The molecule has 2 aromatic heterocycles. The van der Waals surface area contributed by atoms with E-state index in [0.29, 0.717) is 12.0 Å². The molecule has 0 aliphatic heterocycles. The van der Waals surface area contributed by atoms with E-state index in [1.807, 2.05) is 30.3 Å². The maximum atomic E-state index is 12.9. The minimum atomic E-state index is -0.221. The molecule has 0 saturated heterocycles. The predicted octanol–water partition coefficient (Wildman–Crippen LogP) is 3.68. The third-order valence-electron chi connectivity index (χ3n) is 4.73. The van der Waals surface area contributed by atoms with Crippen LogP contribution in [-0.2, 0) is 6.42 Å². The van der Waals surface area contributed by atoms with E-state index in [1.165, 1.54) is 5.56 Å². The third-order valence-corrected chi connectivity index (χ3v) is 4.73. The summed E-state index contributed by atoms with van der Waals surface area (Å²) in [5, 5.41) is 10.9. The standard InChI is InChI=1S/C23H21N5O/c1-17-5-7-18(8-6-17)16-22(21-4-2-3-13-24-21)26-23(29)19-9-11-20(12-10-19)28-15-14-25-27-28/h2-15,22H,16H2,1H3,(H,26,29). The van der Waals surface area contributed by atoms with Crippen LogP contribution in [0.3, 0.4) is 0 Å². The second-order valence-electron chi connectivity index (χ2n) is 6.86. The molecule has 1 amide bonds. The Hall–Kier alpha value is -3.80. The van der Waals surface area contributed by atoms with Gasteiger partial charge in [-0.15, -0.1) is 5.10 Å². The Balaban J connectivity index is 1.53. The highest BCUT2D eigenvalue weighted by atomic mass is 16.1. The molecule has 1 atom stereocenters. The van der Waals surface area contributed by atoms with E-state index in [-0.39, 0.29) is 11.9 Å². The van der Waals surface area contributed by atoms with Gasteiger partial charge in [0.05, 0.1) is 29.8 Å². The quantitative estimate of drug-likeness (QED) is 0.551. The van der Waals surface area contributed by atoms with E-state index in [1.54, 1.807) is 35.4 Å². The smallest absolute Gasteiger partial charge is 0.251 e. The summed E-state index contributed by atoms with van der Waals surface area (Å²) in [5.74, 6) is -0.141. The molecule has 6 heteroatoms. The Morgan fingerprint density at radius 1 is 1.00 bits per heavy atom. The first kappa shape index (κ1) is 18.6. The van der Waals surface area contributed by atoms with E-state index in [4.69, 9.17) is 0 Å². The molecule has 0 bridgehead atoms. The van der Waals surface area contributed by atoms with Gasteiger partial charge in [0, 0.05) is 11.8 Å². The highest BCUT2D eigenvalue weighted by molar-refractivity contribution is 5.94. The molecule has 4 aromatic rings. The van der Waals surface area contributed by atoms with Crippen LogP contribution < -0.4 is 5.32 Å². The number of amides is 1. The van der Waals surface area contributed by atoms with Crippen molar-refractivity contribution in [3.63, 3.8) is 0 Å². The van der Waals surface area contributed by atoms with E-state index in [2.05, 4.69) is 51.8 Å². The minimum Gasteiger partial charge on any atom is -0.343 e. The SMILES string of the molecule is Cc1ccc(CC(NC(=O)c2ccc(-n3ccnn3)cc2)c2ccccn2)cc1. The molecule has 2 aromatic carbocycles. The highest BCUT2D eigenvalue weighted by Gasteiger charge is 2.17. The van der Waals surface area contributed by atoms with Crippen molar-refractivity contribution in [3.05, 3.63) is 108 Å². The van der Waals surface area contributed by atoms with Crippen LogP contribution in [0.15, 0.2) is 85.3 Å². The molecular weight excluding hydrogens is 362 g/mol. The minimum absolute atomic E-state index is 0.141. The average molecular weight is 383 g/mol. The van der Waals surface area contributed by atoms with Crippen molar-refractivity contribution >= 4 is 5.91 Å². The molecule has 0 spiro atoms. The summed E-state index contributed by atoms with van der Waals surface area (Å²) < 4.78 is 1.65. The Morgan fingerprint density at radius 2 is 1.79 bits per heavy atom. The number of pyridine rings is 1. The molecule has 1 unspecified atom stereocenters. The van der Waals surface area contributed by atoms with Crippen molar-refractivity contribution in [1.82, 2.24) is 25.3 Å². The van der Waals surface area contributed by atoms with Crippen LogP contribution in [0.4, 0.5) is 0 Å². The van der Waals surface area contributed by atoms with Crippen molar-refractivity contribution in [3.8, 4) is 5.69 Å². The van der Waals surface area contributed by atoms with E-state index < -0.39 is 0 Å². The summed E-state index contributed by atoms with van der Waals surface area (Å²) in [5.41, 5.74) is 4.62. The zero-order valence-electron chi connectivity index (χ0n) is 16.1. The lowest BCUT2D eigenvalue weighted by atomic mass is 10.0. The van der Waals surface area contributed by atoms with Crippen LogP contribution in [0.5, 0.6) is 0 Å². The van der Waals surface area contributed by atoms with Crippen molar-refractivity contribution in [2.24, 2.45) is 0 Å². The Labute approximate surface area is 169 Å². The monoisotopic (exact) mass is 383 g/mol. The van der Waals surface area contributed by atoms with Gasteiger partial charge in [0.1, 0.15) is 0 Å². The Kier molecular flexibility index (Phi) is 5.42. The van der Waals surface area contributed by atoms with Gasteiger partial charge in [0.2, 0.25) is 0 Å². The third kappa shape index (κ3) is 4.55. The molecule has 0 saturated carbocycles. The molecule has 29 heavy (non-hydrogen) atoms. The fraction of sp³-hybridized carbons (Fsp3) is 0.130. The van der Waals surface area contributed by atoms with Gasteiger partial charge < -0.3 is 5.32 Å². The summed E-state index contributed by atoms with van der Waals surface area (Å²) in [6.07, 6.45) is 5.79. The average Bonchev–Trinajstić information content (AvgIpc) is 3.30. The number of carbonyl (C=O) groups excluding carboxylic acids is 1. The van der Waals surface area contributed by atoms with Crippen LogP contribution in [0.2, 0.25) is 0 Å². The number of aryl methyl sites for hydroxylation is 1. The maximum Gasteiger partial charge on any atom is 0.251 e. The van der Waals surface area contributed by atoms with Crippen molar-refractivity contribution in [2.75, 3.05) is 0 Å². The molecule has 144 valence electrons. The predicted molar refractivity (Wildman–Crippen MR) is 111 cm³/mol. The maximum absolute atomic E-state index is 12.9. The largest absolute Gasteiger partial charge is 0.343 e. The number of nitrogens with zero attached hydrogens (tertiary/aromatic N) is 4. The molecule has 0 radical (unpaired) electrons. The van der Waals surface area contributed by atoms with Crippen molar-refractivity contribution in [2.45, 2.75) is 19.4 Å². The van der Waals surface area contributed by atoms with Crippen LogP contribution in [0, 0.1) is 6.92 Å². The Morgan fingerprint density at radius 3 is 2.45 bits per heavy atom. The van der Waals surface area contributed by atoms with Gasteiger partial charge in [-0.2, -0.15) is 0 Å². The molecule has 2 heterocycles. The molecule has 0 aliphatic rings. The number of hydrogen-bond donors (Lipinski definition) is 1. The van der Waals surface area contributed by atoms with E-state index in [0.717, 1.165) is 16.9 Å². The summed E-state index contributed by atoms with van der Waals surface area (Å²) in [6.45, 7) is 2.06. The molecule has 0 fully saturated rings. The number of nitrogens with one attached hydrogen (secondary N) is 1. The van der Waals surface area contributed by atoms with Gasteiger partial charge in [0.15, 0.2) is 0 Å². The lowest BCUT2D eigenvalue weighted by molar-refractivity contribution is 0.0935. The highest BCUT2D eigenvalue weighted by Crippen LogP contribution is 2.18. The van der Waals surface area contributed by atoms with Crippen LogP contribution in [-0.4, -0.2) is 25.9 Å². The summed E-state index contributed by atoms with van der Waals surface area (Å²) in [4.78, 5) is 17.4. The van der Waals surface area contributed by atoms with Gasteiger partial charge >= 0.3 is 0 Å². The number of hydrogen-bond acceptors (Lipinski definition) is 4. The van der Waals surface area contributed by atoms with Crippen LogP contribution in [0.25, 0.3) is 5.69 Å². The normalized spacial score (nSPS) is 11.8. The molecular formula is C23H21N5O. The van der Waals surface area contributed by atoms with E-state index in [9.17, 15) is 4.79 Å². The fourth-order valence-electron chi connectivity index (χ4n) is 3.12. The number of aromatic nitrogens is 4. The number of carbonyl (C=O) groups is 1. The van der Waals surface area contributed by atoms with Gasteiger partial charge in [-0.05, 0) is 55.3 Å². The summed E-state index contributed by atoms with van der Waals surface area (Å²) in [6, 6.07) is 21.1. The van der Waals surface area contributed by atoms with Gasteiger partial charge in [-0.3, -0.25) is 9.78 Å². The fourth-order valence-corrected chi connectivity index (χ4v) is 3.12. The van der Waals surface area contributed by atoms with Gasteiger partial charge in [-0.25, -0.2) is 4.68 Å². The van der Waals surface area contributed by atoms with E-state index >= 15 is 0 Å². The molecule has 6 nitrogen and oxygen atoms in total. The zero-order chi connectivity index (χ0) is 20.1. The lowest BCUT2D eigenvalue weighted by Gasteiger charge is -2.19. The van der Waals surface area contributed by atoms with Crippen molar-refractivity contribution < 1.29 is 4.79 Å². The summed E-state index contributed by atoms with van der Waals surface area (Å²) >= 11 is 0. The van der Waals surface area contributed by atoms with Crippen molar-refractivity contribution in [1.29, 1.82) is 0 Å². The van der Waals surface area contributed by atoms with Gasteiger partial charge in [0.25, 0.3) is 5.91 Å². The second kappa shape index (κ2) is 8.48. The molecule has 1 N–H and O–H groups in total. The zero-order valence-corrected chi connectivity index (χ0v) is 16.1. The van der Waals surface area contributed by atoms with Crippen LogP contribution >= 0.6 is 0 Å². The lowest BCUT2D eigenvalue weighted by Crippen LogP contribution is -2.30. The first-order chi connectivity index (χ1) is 14.2. The van der Waals surface area contributed by atoms with Crippen LogP contribution in [0.1, 0.15) is 33.2 Å². The second-order valence-corrected chi connectivity index (χ2v) is 6.86. The Bertz CT molecular complexity index is 1060. The molecule has 4 rings (SSSR count). The topological polar surface area (TPSA) is 72.7 Å². The first-order valence-electron chi connectivity index (χ1n) is 9.43. The number of rotatable bonds is 6.